The molecule has 34 heavy (non-hydrogen) atoms. The number of methoxy groups -OCH3 is 1. The summed E-state index contributed by atoms with van der Waals surface area (Å²) in [5, 5.41) is 11.2. The summed E-state index contributed by atoms with van der Waals surface area (Å²) in [7, 11) is 1.60. The number of ether oxygens (including phenoxy) is 3. The second kappa shape index (κ2) is 11.2. The van der Waals surface area contributed by atoms with Crippen LogP contribution in [0.5, 0.6) is 23.0 Å². The SMILES string of the molecule is CCOc1ccc(Oc2ccc(NC(=O)CSc3nnc(-c4ccc(OC)cc4)o3)cc2)cc1. The number of carbonyl (C=O) groups excluding carboxylic acids is 1. The molecule has 9 heteroatoms. The first-order valence-electron chi connectivity index (χ1n) is 10.5. The highest BCUT2D eigenvalue weighted by molar-refractivity contribution is 7.99. The average Bonchev–Trinajstić information content (AvgIpc) is 3.35. The predicted molar refractivity (Wildman–Crippen MR) is 130 cm³/mol. The van der Waals surface area contributed by atoms with E-state index in [9.17, 15) is 4.79 Å². The molecule has 8 nitrogen and oxygen atoms in total. The Hall–Kier alpha value is -3.98. The number of nitrogens with one attached hydrogen (secondary N) is 1. The van der Waals surface area contributed by atoms with Crippen molar-refractivity contribution in [2.24, 2.45) is 0 Å². The van der Waals surface area contributed by atoms with Crippen molar-refractivity contribution >= 4 is 23.4 Å². The summed E-state index contributed by atoms with van der Waals surface area (Å²) in [6.07, 6.45) is 0. The highest BCUT2D eigenvalue weighted by Gasteiger charge is 2.12. The Balaban J connectivity index is 1.26. The topological polar surface area (TPSA) is 95.7 Å². The first kappa shape index (κ1) is 23.2. The first-order chi connectivity index (χ1) is 16.6. The van der Waals surface area contributed by atoms with Gasteiger partial charge in [0.1, 0.15) is 23.0 Å². The summed E-state index contributed by atoms with van der Waals surface area (Å²) < 4.78 is 22.0. The van der Waals surface area contributed by atoms with E-state index in [1.165, 1.54) is 11.8 Å². The summed E-state index contributed by atoms with van der Waals surface area (Å²) in [6.45, 7) is 2.56. The lowest BCUT2D eigenvalue weighted by Crippen LogP contribution is -2.13. The largest absolute Gasteiger partial charge is 0.497 e. The number of rotatable bonds is 10. The summed E-state index contributed by atoms with van der Waals surface area (Å²) >= 11 is 1.17. The minimum absolute atomic E-state index is 0.134. The Kier molecular flexibility index (Phi) is 7.67. The molecular formula is C25H23N3O5S. The van der Waals surface area contributed by atoms with Gasteiger partial charge in [-0.25, -0.2) is 0 Å². The average molecular weight is 478 g/mol. The van der Waals surface area contributed by atoms with Crippen LogP contribution in [0.15, 0.2) is 82.4 Å². The maximum Gasteiger partial charge on any atom is 0.277 e. The number of hydrogen-bond donors (Lipinski definition) is 1. The zero-order chi connectivity index (χ0) is 23.8. The van der Waals surface area contributed by atoms with Crippen molar-refractivity contribution in [3.05, 3.63) is 72.8 Å². The highest BCUT2D eigenvalue weighted by atomic mass is 32.2. The van der Waals surface area contributed by atoms with E-state index >= 15 is 0 Å². The van der Waals surface area contributed by atoms with Gasteiger partial charge in [-0.05, 0) is 79.7 Å². The van der Waals surface area contributed by atoms with Gasteiger partial charge in [-0.2, -0.15) is 0 Å². The standard InChI is InChI=1S/C25H23N3O5S/c1-3-31-20-12-14-22(15-13-20)32-21-10-6-18(7-11-21)26-23(29)16-34-25-28-27-24(33-25)17-4-8-19(30-2)9-5-17/h4-15H,3,16H2,1-2H3,(H,26,29). The van der Waals surface area contributed by atoms with Crippen LogP contribution in [-0.2, 0) is 4.79 Å². The molecule has 1 amide bonds. The quantitative estimate of drug-likeness (QED) is 0.292. The van der Waals surface area contributed by atoms with Crippen LogP contribution < -0.4 is 19.5 Å². The molecule has 1 heterocycles. The number of nitrogens with zero attached hydrogens (tertiary/aromatic N) is 2. The molecule has 0 unspecified atom stereocenters. The third-order valence-electron chi connectivity index (χ3n) is 4.58. The van der Waals surface area contributed by atoms with Crippen LogP contribution in [0.4, 0.5) is 5.69 Å². The maximum absolute atomic E-state index is 12.3. The Labute approximate surface area is 201 Å². The minimum atomic E-state index is -0.186. The summed E-state index contributed by atoms with van der Waals surface area (Å²) in [5.41, 5.74) is 1.44. The fraction of sp³-hybridized carbons (Fsp3) is 0.160. The molecule has 1 N–H and O–H groups in total. The minimum Gasteiger partial charge on any atom is -0.497 e. The Morgan fingerprint density at radius 3 is 2.15 bits per heavy atom. The van der Waals surface area contributed by atoms with Crippen molar-refractivity contribution in [2.45, 2.75) is 12.1 Å². The number of anilines is 1. The molecule has 1 aromatic heterocycles. The van der Waals surface area contributed by atoms with Crippen molar-refractivity contribution in [1.82, 2.24) is 10.2 Å². The zero-order valence-corrected chi connectivity index (χ0v) is 19.5. The molecule has 174 valence electrons. The van der Waals surface area contributed by atoms with E-state index < -0.39 is 0 Å². The fourth-order valence-electron chi connectivity index (χ4n) is 2.96. The summed E-state index contributed by atoms with van der Waals surface area (Å²) in [5.74, 6) is 3.23. The number of amides is 1. The molecule has 4 aromatic rings. The smallest absolute Gasteiger partial charge is 0.277 e. The number of aromatic nitrogens is 2. The number of benzene rings is 3. The molecule has 0 bridgehead atoms. The normalized spacial score (nSPS) is 10.5. The molecule has 3 aromatic carbocycles. The molecular weight excluding hydrogens is 454 g/mol. The van der Waals surface area contributed by atoms with Gasteiger partial charge in [0.2, 0.25) is 11.8 Å². The van der Waals surface area contributed by atoms with Gasteiger partial charge in [0, 0.05) is 11.3 Å². The second-order valence-electron chi connectivity index (χ2n) is 6.97. The molecule has 0 aliphatic rings. The van der Waals surface area contributed by atoms with Crippen molar-refractivity contribution in [1.29, 1.82) is 0 Å². The maximum atomic E-state index is 12.3. The van der Waals surface area contributed by atoms with Crippen molar-refractivity contribution in [3.8, 4) is 34.5 Å². The van der Waals surface area contributed by atoms with Gasteiger partial charge in [-0.1, -0.05) is 11.8 Å². The molecule has 0 atom stereocenters. The lowest BCUT2D eigenvalue weighted by Gasteiger charge is -2.09. The molecule has 4 rings (SSSR count). The Morgan fingerprint density at radius 1 is 0.882 bits per heavy atom. The summed E-state index contributed by atoms with van der Waals surface area (Å²) in [6, 6.07) is 21.8. The number of thioether (sulfide) groups is 1. The van der Waals surface area contributed by atoms with Crippen LogP contribution in [0.1, 0.15) is 6.92 Å². The van der Waals surface area contributed by atoms with E-state index in [0.29, 0.717) is 34.9 Å². The van der Waals surface area contributed by atoms with Crippen LogP contribution in [-0.4, -0.2) is 35.6 Å². The van der Waals surface area contributed by atoms with Gasteiger partial charge in [-0.3, -0.25) is 4.79 Å². The predicted octanol–water partition coefficient (Wildman–Crippen LogP) is 5.67. The van der Waals surface area contributed by atoms with E-state index in [0.717, 1.165) is 17.1 Å². The van der Waals surface area contributed by atoms with E-state index in [-0.39, 0.29) is 11.7 Å². The van der Waals surface area contributed by atoms with Gasteiger partial charge in [0.25, 0.3) is 5.22 Å². The molecule has 0 fully saturated rings. The zero-order valence-electron chi connectivity index (χ0n) is 18.7. The monoisotopic (exact) mass is 477 g/mol. The first-order valence-corrected chi connectivity index (χ1v) is 11.5. The van der Waals surface area contributed by atoms with Crippen LogP contribution in [0.25, 0.3) is 11.5 Å². The van der Waals surface area contributed by atoms with E-state index in [2.05, 4.69) is 15.5 Å². The van der Waals surface area contributed by atoms with Gasteiger partial charge in [0.05, 0.1) is 19.5 Å². The van der Waals surface area contributed by atoms with Gasteiger partial charge < -0.3 is 23.9 Å². The molecule has 0 saturated carbocycles. The lowest BCUT2D eigenvalue weighted by molar-refractivity contribution is -0.113. The van der Waals surface area contributed by atoms with Crippen molar-refractivity contribution in [3.63, 3.8) is 0 Å². The fourth-order valence-corrected chi connectivity index (χ4v) is 3.52. The van der Waals surface area contributed by atoms with E-state index in [1.807, 2.05) is 55.5 Å². The van der Waals surface area contributed by atoms with Crippen molar-refractivity contribution < 1.29 is 23.4 Å². The van der Waals surface area contributed by atoms with Crippen LogP contribution >= 0.6 is 11.8 Å². The summed E-state index contributed by atoms with van der Waals surface area (Å²) in [4.78, 5) is 12.3. The Morgan fingerprint density at radius 2 is 1.50 bits per heavy atom. The molecule has 0 radical (unpaired) electrons. The Bertz CT molecular complexity index is 1210. The van der Waals surface area contributed by atoms with E-state index in [4.69, 9.17) is 18.6 Å². The van der Waals surface area contributed by atoms with Crippen LogP contribution in [0.2, 0.25) is 0 Å². The third-order valence-corrected chi connectivity index (χ3v) is 5.40. The number of hydrogen-bond acceptors (Lipinski definition) is 8. The highest BCUT2D eigenvalue weighted by Crippen LogP contribution is 2.27. The lowest BCUT2D eigenvalue weighted by atomic mass is 10.2. The third kappa shape index (κ3) is 6.29. The molecule has 0 aliphatic carbocycles. The number of carbonyl (C=O) groups is 1. The molecule has 0 saturated heterocycles. The van der Waals surface area contributed by atoms with Crippen LogP contribution in [0, 0.1) is 0 Å². The van der Waals surface area contributed by atoms with E-state index in [1.54, 1.807) is 31.4 Å². The van der Waals surface area contributed by atoms with Crippen LogP contribution in [0.3, 0.4) is 0 Å². The van der Waals surface area contributed by atoms with Gasteiger partial charge in [-0.15, -0.1) is 10.2 Å². The van der Waals surface area contributed by atoms with Gasteiger partial charge in [0.15, 0.2) is 0 Å². The van der Waals surface area contributed by atoms with Crippen molar-refractivity contribution in [2.75, 3.05) is 24.8 Å². The second-order valence-corrected chi connectivity index (χ2v) is 7.90. The molecule has 0 spiro atoms. The molecule has 0 aliphatic heterocycles. The van der Waals surface area contributed by atoms with Gasteiger partial charge >= 0.3 is 0 Å².